The van der Waals surface area contributed by atoms with Gasteiger partial charge in [-0.1, -0.05) is 0 Å². The molecule has 2 fully saturated rings. The molecule has 17 heavy (non-hydrogen) atoms. The smallest absolute Gasteiger partial charge is 0.0662 e. The van der Waals surface area contributed by atoms with Crippen molar-refractivity contribution in [2.75, 3.05) is 46.9 Å². The van der Waals surface area contributed by atoms with Gasteiger partial charge in [0.25, 0.3) is 0 Å². The highest BCUT2D eigenvalue weighted by Crippen LogP contribution is 2.28. The van der Waals surface area contributed by atoms with E-state index in [4.69, 9.17) is 10.5 Å². The lowest BCUT2D eigenvalue weighted by Crippen LogP contribution is -2.62. The second kappa shape index (κ2) is 5.65. The predicted molar refractivity (Wildman–Crippen MR) is 70.1 cm³/mol. The van der Waals surface area contributed by atoms with Gasteiger partial charge in [0, 0.05) is 25.7 Å². The highest BCUT2D eigenvalue weighted by Gasteiger charge is 2.39. The van der Waals surface area contributed by atoms with Crippen molar-refractivity contribution in [1.82, 2.24) is 9.80 Å². The molecular weight excluding hydrogens is 214 g/mol. The van der Waals surface area contributed by atoms with E-state index in [9.17, 15) is 0 Å². The van der Waals surface area contributed by atoms with Crippen molar-refractivity contribution in [3.8, 4) is 0 Å². The Balaban J connectivity index is 2.02. The van der Waals surface area contributed by atoms with E-state index in [2.05, 4.69) is 23.9 Å². The second-order valence-corrected chi connectivity index (χ2v) is 5.75. The second-order valence-electron chi connectivity index (χ2n) is 5.75. The number of rotatable bonds is 3. The molecule has 0 spiro atoms. The molecule has 0 amide bonds. The molecule has 0 radical (unpaired) electrons. The molecule has 0 aromatic heterocycles. The molecule has 0 bridgehead atoms. The van der Waals surface area contributed by atoms with Crippen LogP contribution in [0.25, 0.3) is 0 Å². The molecular formula is C13H27N3O. The number of likely N-dealkylation sites (N-methyl/N-ethyl adjacent to an activating group) is 2. The van der Waals surface area contributed by atoms with Gasteiger partial charge in [-0.3, -0.25) is 4.90 Å². The van der Waals surface area contributed by atoms with E-state index < -0.39 is 0 Å². The van der Waals surface area contributed by atoms with Crippen molar-refractivity contribution in [2.24, 2.45) is 5.73 Å². The van der Waals surface area contributed by atoms with Crippen LogP contribution in [-0.2, 0) is 4.74 Å². The Morgan fingerprint density at radius 2 is 2.29 bits per heavy atom. The van der Waals surface area contributed by atoms with Crippen LogP contribution < -0.4 is 5.73 Å². The van der Waals surface area contributed by atoms with Crippen LogP contribution in [0.2, 0.25) is 0 Å². The van der Waals surface area contributed by atoms with Gasteiger partial charge < -0.3 is 15.4 Å². The predicted octanol–water partition coefficient (Wildman–Crippen LogP) is 0.520. The monoisotopic (exact) mass is 241 g/mol. The van der Waals surface area contributed by atoms with Gasteiger partial charge in [0.15, 0.2) is 0 Å². The summed E-state index contributed by atoms with van der Waals surface area (Å²) in [4.78, 5) is 4.94. The first-order chi connectivity index (χ1) is 8.18. The minimum Gasteiger partial charge on any atom is -0.379 e. The Bertz CT molecular complexity index is 241. The van der Waals surface area contributed by atoms with Gasteiger partial charge in [-0.15, -0.1) is 0 Å². The first-order valence-corrected chi connectivity index (χ1v) is 6.87. The van der Waals surface area contributed by atoms with Gasteiger partial charge >= 0.3 is 0 Å². The Hall–Kier alpha value is -0.160. The standard InChI is InChI=1S/C13H27N3O/c1-15-7-3-5-12(9-15)16(2)13(10-14)6-4-8-17-11-13/h12H,3-11,14H2,1-2H3. The van der Waals surface area contributed by atoms with Crippen molar-refractivity contribution in [2.45, 2.75) is 37.3 Å². The van der Waals surface area contributed by atoms with E-state index in [1.807, 2.05) is 0 Å². The van der Waals surface area contributed by atoms with Crippen molar-refractivity contribution < 1.29 is 4.74 Å². The highest BCUT2D eigenvalue weighted by atomic mass is 16.5. The summed E-state index contributed by atoms with van der Waals surface area (Å²) in [5, 5.41) is 0. The highest BCUT2D eigenvalue weighted by molar-refractivity contribution is 4.96. The maximum absolute atomic E-state index is 6.05. The van der Waals surface area contributed by atoms with Crippen LogP contribution in [-0.4, -0.2) is 68.3 Å². The molecule has 100 valence electrons. The molecule has 4 heteroatoms. The SMILES string of the molecule is CN1CCCC(N(C)C2(CN)CCCOC2)C1. The topological polar surface area (TPSA) is 41.7 Å². The lowest BCUT2D eigenvalue weighted by atomic mass is 9.88. The summed E-state index contributed by atoms with van der Waals surface area (Å²) in [5.74, 6) is 0. The Labute approximate surface area is 105 Å². The Morgan fingerprint density at radius 1 is 1.47 bits per heavy atom. The summed E-state index contributed by atoms with van der Waals surface area (Å²) in [7, 11) is 4.46. The summed E-state index contributed by atoms with van der Waals surface area (Å²) < 4.78 is 5.68. The average Bonchev–Trinajstić information content (AvgIpc) is 2.38. The largest absolute Gasteiger partial charge is 0.379 e. The summed E-state index contributed by atoms with van der Waals surface area (Å²) in [6.45, 7) is 4.82. The van der Waals surface area contributed by atoms with Crippen LogP contribution in [0.1, 0.15) is 25.7 Å². The number of likely N-dealkylation sites (tertiary alicyclic amines) is 1. The van der Waals surface area contributed by atoms with Gasteiger partial charge in [-0.25, -0.2) is 0 Å². The van der Waals surface area contributed by atoms with Crippen LogP contribution in [0.3, 0.4) is 0 Å². The van der Waals surface area contributed by atoms with Crippen molar-refractivity contribution in [3.05, 3.63) is 0 Å². The third-order valence-corrected chi connectivity index (χ3v) is 4.58. The molecule has 2 aliphatic heterocycles. The molecule has 2 N–H and O–H groups in total. The van der Waals surface area contributed by atoms with Gasteiger partial charge in [0.05, 0.1) is 12.1 Å². The van der Waals surface area contributed by atoms with Gasteiger partial charge in [0.2, 0.25) is 0 Å². The summed E-state index contributed by atoms with van der Waals surface area (Å²) in [5.41, 5.74) is 6.13. The molecule has 4 nitrogen and oxygen atoms in total. The fourth-order valence-electron chi connectivity index (χ4n) is 3.26. The molecule has 0 aliphatic carbocycles. The van der Waals surface area contributed by atoms with E-state index in [1.165, 1.54) is 25.8 Å². The minimum absolute atomic E-state index is 0.0844. The third-order valence-electron chi connectivity index (χ3n) is 4.58. The number of ether oxygens (including phenoxy) is 1. The zero-order valence-electron chi connectivity index (χ0n) is 11.3. The van der Waals surface area contributed by atoms with E-state index in [0.29, 0.717) is 12.6 Å². The van der Waals surface area contributed by atoms with Crippen LogP contribution >= 0.6 is 0 Å². The zero-order chi connectivity index (χ0) is 12.3. The van der Waals surface area contributed by atoms with E-state index in [1.54, 1.807) is 0 Å². The lowest BCUT2D eigenvalue weighted by Gasteiger charge is -2.49. The number of nitrogens with zero attached hydrogens (tertiary/aromatic N) is 2. The van der Waals surface area contributed by atoms with Crippen molar-refractivity contribution >= 4 is 0 Å². The average molecular weight is 241 g/mol. The van der Waals surface area contributed by atoms with Crippen LogP contribution in [0.4, 0.5) is 0 Å². The molecule has 0 saturated carbocycles. The van der Waals surface area contributed by atoms with Crippen molar-refractivity contribution in [1.29, 1.82) is 0 Å². The first kappa shape index (κ1) is 13.3. The van der Waals surface area contributed by atoms with Gasteiger partial charge in [-0.05, 0) is 46.3 Å². The molecule has 2 aliphatic rings. The quantitative estimate of drug-likeness (QED) is 0.782. The molecule has 2 saturated heterocycles. The zero-order valence-corrected chi connectivity index (χ0v) is 11.3. The van der Waals surface area contributed by atoms with Crippen molar-refractivity contribution in [3.63, 3.8) is 0 Å². The number of piperidine rings is 1. The number of hydrogen-bond acceptors (Lipinski definition) is 4. The fraction of sp³-hybridized carbons (Fsp3) is 1.00. The van der Waals surface area contributed by atoms with E-state index in [-0.39, 0.29) is 5.54 Å². The number of hydrogen-bond donors (Lipinski definition) is 1. The first-order valence-electron chi connectivity index (χ1n) is 6.87. The maximum atomic E-state index is 6.05. The maximum Gasteiger partial charge on any atom is 0.0662 e. The molecule has 0 aromatic rings. The van der Waals surface area contributed by atoms with E-state index >= 15 is 0 Å². The minimum atomic E-state index is 0.0844. The summed E-state index contributed by atoms with van der Waals surface area (Å²) >= 11 is 0. The molecule has 2 unspecified atom stereocenters. The lowest BCUT2D eigenvalue weighted by molar-refractivity contribution is -0.0605. The van der Waals surface area contributed by atoms with Gasteiger partial charge in [-0.2, -0.15) is 0 Å². The summed E-state index contributed by atoms with van der Waals surface area (Å²) in [6, 6.07) is 0.638. The number of nitrogens with two attached hydrogens (primary N) is 1. The van der Waals surface area contributed by atoms with Crippen LogP contribution in [0.15, 0.2) is 0 Å². The van der Waals surface area contributed by atoms with E-state index in [0.717, 1.165) is 26.2 Å². The molecule has 2 atom stereocenters. The molecule has 2 heterocycles. The Morgan fingerprint density at radius 3 is 2.88 bits per heavy atom. The van der Waals surface area contributed by atoms with Gasteiger partial charge in [0.1, 0.15) is 0 Å². The molecule has 2 rings (SSSR count). The Kier molecular flexibility index (Phi) is 4.42. The molecule has 0 aromatic carbocycles. The normalized spacial score (nSPS) is 36.4. The van der Waals surface area contributed by atoms with Crippen LogP contribution in [0, 0.1) is 0 Å². The third kappa shape index (κ3) is 2.81. The fourth-order valence-corrected chi connectivity index (χ4v) is 3.26. The van der Waals surface area contributed by atoms with Crippen LogP contribution in [0.5, 0.6) is 0 Å². The summed E-state index contributed by atoms with van der Waals surface area (Å²) in [6.07, 6.45) is 4.92.